The smallest absolute Gasteiger partial charge is 0.352 e. The first-order valence-corrected chi connectivity index (χ1v) is 8.14. The molecule has 0 atom stereocenters. The molecule has 7 nitrogen and oxygen atoms in total. The van der Waals surface area contributed by atoms with Crippen LogP contribution in [0.2, 0.25) is 0 Å². The van der Waals surface area contributed by atoms with Crippen molar-refractivity contribution in [2.75, 3.05) is 7.11 Å². The lowest BCUT2D eigenvalue weighted by atomic mass is 10.1. The van der Waals surface area contributed by atoms with Crippen molar-refractivity contribution < 1.29 is 19.4 Å². The maximum Gasteiger partial charge on any atom is 0.352 e. The Labute approximate surface area is 146 Å². The van der Waals surface area contributed by atoms with Crippen molar-refractivity contribution in [2.45, 2.75) is 38.3 Å². The van der Waals surface area contributed by atoms with Crippen molar-refractivity contribution in [1.29, 1.82) is 0 Å². The molecule has 2 aliphatic rings. The van der Waals surface area contributed by atoms with Crippen LogP contribution in [0.3, 0.4) is 0 Å². The minimum atomic E-state index is -1.09. The van der Waals surface area contributed by atoms with E-state index in [0.717, 1.165) is 24.2 Å². The van der Waals surface area contributed by atoms with Crippen LogP contribution in [0, 0.1) is 0 Å². The largest absolute Gasteiger partial charge is 0.497 e. The van der Waals surface area contributed by atoms with E-state index in [2.05, 4.69) is 17.5 Å². The highest BCUT2D eigenvalue weighted by molar-refractivity contribution is 6.36. The van der Waals surface area contributed by atoms with Gasteiger partial charge in [0.15, 0.2) is 0 Å². The summed E-state index contributed by atoms with van der Waals surface area (Å²) in [5, 5.41) is 12.7. The zero-order valence-electron chi connectivity index (χ0n) is 14.3. The number of amides is 1. The summed E-state index contributed by atoms with van der Waals surface area (Å²) in [6.07, 6.45) is 3.61. The molecule has 1 saturated carbocycles. The molecular weight excluding hydrogens is 322 g/mol. The van der Waals surface area contributed by atoms with Crippen LogP contribution >= 0.6 is 0 Å². The summed E-state index contributed by atoms with van der Waals surface area (Å²) in [5.41, 5.74) is 3.70. The van der Waals surface area contributed by atoms with Crippen LogP contribution in [0.5, 0.6) is 5.75 Å². The average Bonchev–Trinajstić information content (AvgIpc) is 3.37. The lowest BCUT2D eigenvalue weighted by Gasteiger charge is -2.31. The topological polar surface area (TPSA) is 91.2 Å². The number of hydrogen-bond donors (Lipinski definition) is 2. The number of methoxy groups -OCH3 is 1. The lowest BCUT2D eigenvalue weighted by Crippen LogP contribution is -2.43. The van der Waals surface area contributed by atoms with E-state index in [1.807, 2.05) is 29.2 Å². The predicted molar refractivity (Wildman–Crippen MR) is 92.1 cm³/mol. The fourth-order valence-corrected chi connectivity index (χ4v) is 2.75. The van der Waals surface area contributed by atoms with Crippen molar-refractivity contribution in [2.24, 2.45) is 5.10 Å². The zero-order chi connectivity index (χ0) is 18.0. The van der Waals surface area contributed by atoms with Gasteiger partial charge in [-0.2, -0.15) is 5.10 Å². The van der Waals surface area contributed by atoms with Gasteiger partial charge in [0.2, 0.25) is 0 Å². The molecule has 0 radical (unpaired) electrons. The highest BCUT2D eigenvalue weighted by Crippen LogP contribution is 2.42. The molecule has 1 aliphatic carbocycles. The van der Waals surface area contributed by atoms with E-state index in [1.54, 1.807) is 13.2 Å². The molecule has 0 saturated heterocycles. The molecule has 0 unspecified atom stereocenters. The van der Waals surface area contributed by atoms with Crippen molar-refractivity contribution >= 4 is 17.6 Å². The number of carbonyl (C=O) groups excluding carboxylic acids is 1. The minimum Gasteiger partial charge on any atom is -0.497 e. The summed E-state index contributed by atoms with van der Waals surface area (Å²) in [6, 6.07) is 7.63. The van der Waals surface area contributed by atoms with Gasteiger partial charge in [-0.05, 0) is 43.5 Å². The standard InChI is InChI=1S/C18H21N3O4/c1-18(8-9-18)21(11-12-4-3-5-13(10-12)25-2)16(22)14-6-7-15(17(23)24)20-19-14/h3-6,10,19H,7-9,11H2,1-2H3,(H,23,24). The molecule has 1 amide bonds. The number of aliphatic carboxylic acids is 1. The third kappa shape index (κ3) is 3.65. The van der Waals surface area contributed by atoms with Gasteiger partial charge in [0, 0.05) is 18.5 Å². The van der Waals surface area contributed by atoms with E-state index in [1.165, 1.54) is 0 Å². The molecule has 7 heteroatoms. The molecule has 132 valence electrons. The van der Waals surface area contributed by atoms with Gasteiger partial charge in [-0.3, -0.25) is 10.2 Å². The molecule has 2 N–H and O–H groups in total. The van der Waals surface area contributed by atoms with E-state index in [-0.39, 0.29) is 23.6 Å². The SMILES string of the molecule is COc1cccc(CN(C(=O)C2=CCC(C(=O)O)=NN2)C2(C)CC2)c1. The highest BCUT2D eigenvalue weighted by Gasteiger charge is 2.46. The lowest BCUT2D eigenvalue weighted by molar-refractivity contribution is -0.131. The third-order valence-corrected chi connectivity index (χ3v) is 4.63. The van der Waals surface area contributed by atoms with Crippen molar-refractivity contribution in [1.82, 2.24) is 10.3 Å². The molecule has 1 heterocycles. The second kappa shape index (κ2) is 6.58. The Morgan fingerprint density at radius 2 is 2.16 bits per heavy atom. The van der Waals surface area contributed by atoms with Crippen LogP contribution in [0.25, 0.3) is 0 Å². The Bertz CT molecular complexity index is 765. The van der Waals surface area contributed by atoms with E-state index in [9.17, 15) is 9.59 Å². The van der Waals surface area contributed by atoms with Crippen molar-refractivity contribution in [3.8, 4) is 5.75 Å². The molecule has 1 aliphatic heterocycles. The first-order valence-electron chi connectivity index (χ1n) is 8.14. The van der Waals surface area contributed by atoms with Crippen molar-refractivity contribution in [3.05, 3.63) is 41.6 Å². The highest BCUT2D eigenvalue weighted by atomic mass is 16.5. The summed E-state index contributed by atoms with van der Waals surface area (Å²) in [4.78, 5) is 25.7. The number of nitrogens with one attached hydrogen (secondary N) is 1. The van der Waals surface area contributed by atoms with Gasteiger partial charge < -0.3 is 14.7 Å². The maximum absolute atomic E-state index is 13.0. The Morgan fingerprint density at radius 3 is 2.72 bits per heavy atom. The monoisotopic (exact) mass is 343 g/mol. The Balaban J connectivity index is 1.78. The van der Waals surface area contributed by atoms with E-state index in [0.29, 0.717) is 12.2 Å². The van der Waals surface area contributed by atoms with E-state index < -0.39 is 5.97 Å². The molecule has 1 aromatic rings. The fourth-order valence-electron chi connectivity index (χ4n) is 2.75. The van der Waals surface area contributed by atoms with E-state index in [4.69, 9.17) is 9.84 Å². The zero-order valence-corrected chi connectivity index (χ0v) is 14.3. The van der Waals surface area contributed by atoms with E-state index >= 15 is 0 Å². The number of hydrazone groups is 1. The average molecular weight is 343 g/mol. The predicted octanol–water partition coefficient (Wildman–Crippen LogP) is 1.89. The molecule has 0 spiro atoms. The Morgan fingerprint density at radius 1 is 1.40 bits per heavy atom. The van der Waals surface area contributed by atoms with Crippen LogP contribution in [-0.4, -0.2) is 40.2 Å². The Kier molecular flexibility index (Phi) is 4.48. The van der Waals surface area contributed by atoms with Crippen molar-refractivity contribution in [3.63, 3.8) is 0 Å². The second-order valence-electron chi connectivity index (χ2n) is 6.54. The third-order valence-electron chi connectivity index (χ3n) is 4.63. The molecule has 0 bridgehead atoms. The number of benzene rings is 1. The number of rotatable bonds is 6. The van der Waals surface area contributed by atoms with Gasteiger partial charge in [0.25, 0.3) is 5.91 Å². The molecule has 0 aromatic heterocycles. The number of carbonyl (C=O) groups is 2. The number of hydrogen-bond acceptors (Lipinski definition) is 5. The summed E-state index contributed by atoms with van der Waals surface area (Å²) >= 11 is 0. The molecule has 25 heavy (non-hydrogen) atoms. The summed E-state index contributed by atoms with van der Waals surface area (Å²) < 4.78 is 5.25. The fraction of sp³-hybridized carbons (Fsp3) is 0.389. The van der Waals surface area contributed by atoms with Crippen LogP contribution in [0.15, 0.2) is 41.1 Å². The first-order chi connectivity index (χ1) is 11.9. The van der Waals surface area contributed by atoms with Gasteiger partial charge in [-0.1, -0.05) is 12.1 Å². The molecule has 3 rings (SSSR count). The van der Waals surface area contributed by atoms with Gasteiger partial charge >= 0.3 is 5.97 Å². The summed E-state index contributed by atoms with van der Waals surface area (Å²) in [6.45, 7) is 2.52. The van der Waals surface area contributed by atoms with Crippen LogP contribution in [0.4, 0.5) is 0 Å². The summed E-state index contributed by atoms with van der Waals surface area (Å²) in [7, 11) is 1.61. The number of ether oxygens (including phenoxy) is 1. The van der Waals surface area contributed by atoms with Crippen LogP contribution < -0.4 is 10.2 Å². The van der Waals surface area contributed by atoms with Crippen LogP contribution in [0.1, 0.15) is 31.7 Å². The number of carboxylic acids is 1. The molecule has 1 fully saturated rings. The number of carboxylic acid groups (broad SMARTS) is 1. The van der Waals surface area contributed by atoms with Gasteiger partial charge in [0.05, 0.1) is 7.11 Å². The quantitative estimate of drug-likeness (QED) is 0.823. The maximum atomic E-state index is 13.0. The normalized spacial score (nSPS) is 17.7. The van der Waals surface area contributed by atoms with Gasteiger partial charge in [-0.25, -0.2) is 4.79 Å². The summed E-state index contributed by atoms with van der Waals surface area (Å²) in [5.74, 6) is -0.509. The molecule has 1 aromatic carbocycles. The van der Waals surface area contributed by atoms with Crippen LogP contribution in [-0.2, 0) is 16.1 Å². The molecular formula is C18H21N3O4. The minimum absolute atomic E-state index is 0.00599. The first kappa shape index (κ1) is 17.0. The number of nitrogens with zero attached hydrogens (tertiary/aromatic N) is 2. The number of allylic oxidation sites excluding steroid dienone is 1. The van der Waals surface area contributed by atoms with Gasteiger partial charge in [-0.15, -0.1) is 0 Å². The second-order valence-corrected chi connectivity index (χ2v) is 6.54. The Hall–Kier alpha value is -2.83. The van der Waals surface area contributed by atoms with Gasteiger partial charge in [0.1, 0.15) is 17.2 Å².